The van der Waals surface area contributed by atoms with Crippen molar-refractivity contribution in [1.29, 1.82) is 0 Å². The highest BCUT2D eigenvalue weighted by atomic mass is 32.2. The van der Waals surface area contributed by atoms with Crippen molar-refractivity contribution in [3.63, 3.8) is 0 Å². The third-order valence-electron chi connectivity index (χ3n) is 4.05. The van der Waals surface area contributed by atoms with Crippen LogP contribution in [0.25, 0.3) is 0 Å². The Labute approximate surface area is 148 Å². The summed E-state index contributed by atoms with van der Waals surface area (Å²) in [5.74, 6) is 1.83. The van der Waals surface area contributed by atoms with Crippen LogP contribution in [0, 0.1) is 0 Å². The number of nitrogens with zero attached hydrogens (tertiary/aromatic N) is 5. The maximum atomic E-state index is 11.8. The quantitative estimate of drug-likeness (QED) is 0.855. The molecule has 1 N–H and O–H groups in total. The number of pyridine rings is 2. The molecule has 3 heterocycles. The van der Waals surface area contributed by atoms with Gasteiger partial charge >= 0.3 is 10.2 Å². The summed E-state index contributed by atoms with van der Waals surface area (Å²) in [6, 6.07) is 9.48. The number of nitrogens with one attached hydrogen (secondary N) is 1. The molecule has 3 rings (SSSR count). The van der Waals surface area contributed by atoms with Crippen molar-refractivity contribution in [2.75, 3.05) is 54.8 Å². The van der Waals surface area contributed by atoms with Gasteiger partial charge < -0.3 is 9.80 Å². The van der Waals surface area contributed by atoms with Gasteiger partial charge in [0.1, 0.15) is 11.6 Å². The number of aromatic nitrogens is 2. The van der Waals surface area contributed by atoms with Gasteiger partial charge in [0.05, 0.1) is 11.9 Å². The first kappa shape index (κ1) is 17.4. The topological polar surface area (TPSA) is 81.7 Å². The Morgan fingerprint density at radius 3 is 2.08 bits per heavy atom. The molecule has 0 spiro atoms. The van der Waals surface area contributed by atoms with Gasteiger partial charge in [-0.25, -0.2) is 9.97 Å². The van der Waals surface area contributed by atoms with Gasteiger partial charge in [0.15, 0.2) is 0 Å². The summed E-state index contributed by atoms with van der Waals surface area (Å²) in [6.45, 7) is 3.42. The standard InChI is InChI=1S/C16H22N6O2S/c1-20(2)25(23,24)19-14-6-7-16(18-13-14)22-11-9-21(10-12-22)15-5-3-4-8-17-15/h3-8,13,19H,9-12H2,1-2H3. The summed E-state index contributed by atoms with van der Waals surface area (Å²) in [4.78, 5) is 13.2. The van der Waals surface area contributed by atoms with Gasteiger partial charge in [-0.15, -0.1) is 0 Å². The zero-order valence-corrected chi connectivity index (χ0v) is 15.1. The lowest BCUT2D eigenvalue weighted by atomic mass is 10.3. The molecule has 1 saturated heterocycles. The molecule has 25 heavy (non-hydrogen) atoms. The second-order valence-corrected chi connectivity index (χ2v) is 7.84. The fraction of sp³-hybridized carbons (Fsp3) is 0.375. The van der Waals surface area contributed by atoms with Crippen molar-refractivity contribution in [1.82, 2.24) is 14.3 Å². The molecule has 0 atom stereocenters. The summed E-state index contributed by atoms with van der Waals surface area (Å²) >= 11 is 0. The van der Waals surface area contributed by atoms with Crippen molar-refractivity contribution in [2.24, 2.45) is 0 Å². The highest BCUT2D eigenvalue weighted by molar-refractivity contribution is 7.90. The Hall–Kier alpha value is -2.39. The second kappa shape index (κ2) is 7.24. The summed E-state index contributed by atoms with van der Waals surface area (Å²) in [7, 11) is -0.556. The SMILES string of the molecule is CN(C)S(=O)(=O)Nc1ccc(N2CCN(c3ccccn3)CC2)nc1. The molecule has 1 aliphatic heterocycles. The maximum absolute atomic E-state index is 11.8. The summed E-state index contributed by atoms with van der Waals surface area (Å²) < 4.78 is 27.2. The molecule has 0 aromatic carbocycles. The zero-order chi connectivity index (χ0) is 17.9. The fourth-order valence-electron chi connectivity index (χ4n) is 2.58. The molecule has 9 heteroatoms. The molecule has 0 amide bonds. The molecule has 8 nitrogen and oxygen atoms in total. The van der Waals surface area contributed by atoms with E-state index >= 15 is 0 Å². The molecule has 0 unspecified atom stereocenters. The smallest absolute Gasteiger partial charge is 0.301 e. The van der Waals surface area contributed by atoms with E-state index in [2.05, 4.69) is 24.5 Å². The third-order valence-corrected chi connectivity index (χ3v) is 5.51. The second-order valence-electron chi connectivity index (χ2n) is 5.96. The van der Waals surface area contributed by atoms with Crippen molar-refractivity contribution in [3.8, 4) is 0 Å². The van der Waals surface area contributed by atoms with Crippen molar-refractivity contribution >= 4 is 27.5 Å². The van der Waals surface area contributed by atoms with Crippen LogP contribution in [0.4, 0.5) is 17.3 Å². The zero-order valence-electron chi connectivity index (χ0n) is 14.3. The molecule has 2 aromatic rings. The third kappa shape index (κ3) is 4.18. The lowest BCUT2D eigenvalue weighted by Crippen LogP contribution is -2.47. The molecule has 0 radical (unpaired) electrons. The normalized spacial score (nSPS) is 15.5. The molecule has 0 aliphatic carbocycles. The number of rotatable bonds is 5. The number of anilines is 3. The van der Waals surface area contributed by atoms with Crippen LogP contribution in [0.15, 0.2) is 42.7 Å². The van der Waals surface area contributed by atoms with Crippen molar-refractivity contribution in [2.45, 2.75) is 0 Å². The first-order chi connectivity index (χ1) is 12.0. The minimum absolute atomic E-state index is 0.449. The monoisotopic (exact) mass is 362 g/mol. The van der Waals surface area contributed by atoms with E-state index in [0.717, 1.165) is 42.1 Å². The van der Waals surface area contributed by atoms with Crippen molar-refractivity contribution < 1.29 is 8.42 Å². The largest absolute Gasteiger partial charge is 0.353 e. The van der Waals surface area contributed by atoms with Gasteiger partial charge in [-0.3, -0.25) is 4.72 Å². The Kier molecular flexibility index (Phi) is 5.05. The molecule has 0 saturated carbocycles. The minimum Gasteiger partial charge on any atom is -0.353 e. The lowest BCUT2D eigenvalue weighted by molar-refractivity contribution is 0.527. The van der Waals surface area contributed by atoms with Gasteiger partial charge in [0.25, 0.3) is 0 Å². The molecule has 1 aliphatic rings. The molecule has 0 bridgehead atoms. The van der Waals surface area contributed by atoms with Crippen molar-refractivity contribution in [3.05, 3.63) is 42.7 Å². The van der Waals surface area contributed by atoms with Crippen LogP contribution in [0.2, 0.25) is 0 Å². The summed E-state index contributed by atoms with van der Waals surface area (Å²) in [5, 5.41) is 0. The lowest BCUT2D eigenvalue weighted by Gasteiger charge is -2.36. The van der Waals surface area contributed by atoms with E-state index in [9.17, 15) is 8.42 Å². The van der Waals surface area contributed by atoms with E-state index in [1.165, 1.54) is 14.1 Å². The highest BCUT2D eigenvalue weighted by Crippen LogP contribution is 2.19. The van der Waals surface area contributed by atoms with E-state index in [1.54, 1.807) is 18.5 Å². The maximum Gasteiger partial charge on any atom is 0.301 e. The molecule has 2 aromatic heterocycles. The van der Waals surface area contributed by atoms with E-state index in [0.29, 0.717) is 5.69 Å². The Morgan fingerprint density at radius 2 is 1.60 bits per heavy atom. The van der Waals surface area contributed by atoms with Crippen LogP contribution in [0.5, 0.6) is 0 Å². The Morgan fingerprint density at radius 1 is 0.960 bits per heavy atom. The van der Waals surface area contributed by atoms with Crippen LogP contribution in [-0.4, -0.2) is 63.0 Å². The molecular weight excluding hydrogens is 340 g/mol. The average Bonchev–Trinajstić information content (AvgIpc) is 2.63. The van der Waals surface area contributed by atoms with E-state index in [-0.39, 0.29) is 0 Å². The van der Waals surface area contributed by atoms with Crippen LogP contribution < -0.4 is 14.5 Å². The minimum atomic E-state index is -3.51. The van der Waals surface area contributed by atoms with Crippen LogP contribution in [0.3, 0.4) is 0 Å². The Balaban J connectivity index is 1.61. The number of hydrogen-bond acceptors (Lipinski definition) is 6. The summed E-state index contributed by atoms with van der Waals surface area (Å²) in [6.07, 6.45) is 3.35. The Bertz CT molecular complexity index is 787. The van der Waals surface area contributed by atoms with E-state index < -0.39 is 10.2 Å². The first-order valence-corrected chi connectivity index (χ1v) is 9.47. The van der Waals surface area contributed by atoms with Gasteiger partial charge in [-0.2, -0.15) is 12.7 Å². The van der Waals surface area contributed by atoms with Crippen LogP contribution >= 0.6 is 0 Å². The predicted molar refractivity (Wildman–Crippen MR) is 99.1 cm³/mol. The average molecular weight is 362 g/mol. The molecular formula is C16H22N6O2S. The van der Waals surface area contributed by atoms with E-state index in [4.69, 9.17) is 0 Å². The van der Waals surface area contributed by atoms with Gasteiger partial charge in [0.2, 0.25) is 0 Å². The first-order valence-electron chi connectivity index (χ1n) is 8.03. The van der Waals surface area contributed by atoms with Gasteiger partial charge in [-0.1, -0.05) is 6.07 Å². The predicted octanol–water partition coefficient (Wildman–Crippen LogP) is 1.02. The fourth-order valence-corrected chi connectivity index (χ4v) is 3.18. The molecule has 134 valence electrons. The van der Waals surface area contributed by atoms with Gasteiger partial charge in [-0.05, 0) is 24.3 Å². The van der Waals surface area contributed by atoms with Crippen LogP contribution in [0.1, 0.15) is 0 Å². The van der Waals surface area contributed by atoms with E-state index in [1.807, 2.05) is 24.3 Å². The summed E-state index contributed by atoms with van der Waals surface area (Å²) in [5.41, 5.74) is 0.449. The number of hydrogen-bond donors (Lipinski definition) is 1. The van der Waals surface area contributed by atoms with Gasteiger partial charge in [0, 0.05) is 46.5 Å². The number of piperazine rings is 1. The molecule has 1 fully saturated rings. The van der Waals surface area contributed by atoms with Crippen LogP contribution in [-0.2, 0) is 10.2 Å². The highest BCUT2D eigenvalue weighted by Gasteiger charge is 2.19.